The van der Waals surface area contributed by atoms with Gasteiger partial charge in [0.2, 0.25) is 0 Å². The van der Waals surface area contributed by atoms with E-state index in [9.17, 15) is 8.42 Å². The summed E-state index contributed by atoms with van der Waals surface area (Å²) in [6.07, 6.45) is 1.24. The van der Waals surface area contributed by atoms with E-state index in [1.165, 1.54) is 11.8 Å². The van der Waals surface area contributed by atoms with Crippen LogP contribution in [0.2, 0.25) is 0 Å². The highest BCUT2D eigenvalue weighted by Gasteiger charge is 2.18. The molecule has 170 valence electrons. The number of hydrogen-bond acceptors (Lipinski definition) is 4. The van der Waals surface area contributed by atoms with Gasteiger partial charge >= 0.3 is 0 Å². The number of nitrogens with one attached hydrogen (secondary N) is 2. The highest BCUT2D eigenvalue weighted by Crippen LogP contribution is 2.20. The molecular weight excluding hydrogens is 408 g/mol. The third-order valence-electron chi connectivity index (χ3n) is 5.30. The van der Waals surface area contributed by atoms with Crippen LogP contribution in [0, 0.1) is 6.92 Å². The van der Waals surface area contributed by atoms with Crippen LogP contribution in [0.3, 0.4) is 0 Å². The summed E-state index contributed by atoms with van der Waals surface area (Å²) in [7, 11) is -3.21. The predicted octanol–water partition coefficient (Wildman–Crippen LogP) is 3.54. The Labute approximate surface area is 187 Å². The molecule has 0 heterocycles. The van der Waals surface area contributed by atoms with E-state index in [4.69, 9.17) is 4.99 Å². The first-order valence-corrected chi connectivity index (χ1v) is 12.8. The number of rotatable bonds is 10. The summed E-state index contributed by atoms with van der Waals surface area (Å²) in [5.74, 6) is 0.750. The smallest absolute Gasteiger partial charge is 0.191 e. The van der Waals surface area contributed by atoms with Crippen LogP contribution in [-0.4, -0.2) is 51.7 Å². The number of nitrogens with zero attached hydrogens (tertiary/aromatic N) is 2. The number of benzene rings is 2. The van der Waals surface area contributed by atoms with Gasteiger partial charge in [-0.2, -0.15) is 0 Å². The third kappa shape index (κ3) is 7.36. The third-order valence-corrected chi connectivity index (χ3v) is 6.56. The number of likely N-dealkylation sites (N-methyl/N-ethyl adjacent to an activating group) is 1. The molecule has 0 aliphatic carbocycles. The zero-order valence-corrected chi connectivity index (χ0v) is 20.2. The van der Waals surface area contributed by atoms with Crippen molar-refractivity contribution in [1.29, 1.82) is 0 Å². The lowest BCUT2D eigenvalue weighted by atomic mass is 10.1. The van der Waals surface area contributed by atoms with Gasteiger partial charge in [0.1, 0.15) is 0 Å². The molecule has 7 heteroatoms. The van der Waals surface area contributed by atoms with E-state index in [0.29, 0.717) is 11.4 Å². The molecule has 2 aromatic carbocycles. The molecule has 0 saturated heterocycles. The van der Waals surface area contributed by atoms with Crippen molar-refractivity contribution in [2.75, 3.05) is 32.4 Å². The van der Waals surface area contributed by atoms with Crippen LogP contribution in [0.15, 0.2) is 58.4 Å². The maximum atomic E-state index is 11.8. The first-order chi connectivity index (χ1) is 14.8. The standard InChI is InChI=1S/C24H36N4O2S/c1-6-25-24(26-17-20-14-15-23(19(4)16-20)31(5,29)30)27-18-22(28(7-2)8-3)21-12-10-9-11-13-21/h9-16,22H,6-8,17-18H2,1-5H3,(H2,25,26,27). The van der Waals surface area contributed by atoms with Crippen molar-refractivity contribution in [3.05, 3.63) is 65.2 Å². The number of hydrogen-bond donors (Lipinski definition) is 2. The SMILES string of the molecule is CCNC(=NCc1ccc(S(C)(=O)=O)c(C)c1)NCC(c1ccccc1)N(CC)CC. The summed E-state index contributed by atoms with van der Waals surface area (Å²) in [6, 6.07) is 16.2. The van der Waals surface area contributed by atoms with E-state index in [1.807, 2.05) is 32.0 Å². The van der Waals surface area contributed by atoms with Crippen LogP contribution in [0.1, 0.15) is 43.5 Å². The van der Waals surface area contributed by atoms with Crippen LogP contribution in [0.5, 0.6) is 0 Å². The Morgan fingerprint density at radius 2 is 1.71 bits per heavy atom. The zero-order chi connectivity index (χ0) is 22.9. The van der Waals surface area contributed by atoms with Crippen molar-refractivity contribution < 1.29 is 8.42 Å². The van der Waals surface area contributed by atoms with E-state index in [1.54, 1.807) is 6.07 Å². The average molecular weight is 445 g/mol. The molecule has 0 aliphatic heterocycles. The molecule has 1 atom stereocenters. The van der Waals surface area contributed by atoms with Crippen molar-refractivity contribution in [3.63, 3.8) is 0 Å². The van der Waals surface area contributed by atoms with Crippen LogP contribution in [-0.2, 0) is 16.4 Å². The second kappa shape index (κ2) is 11.9. The molecule has 6 nitrogen and oxygen atoms in total. The van der Waals surface area contributed by atoms with Crippen molar-refractivity contribution in [3.8, 4) is 0 Å². The van der Waals surface area contributed by atoms with E-state index < -0.39 is 9.84 Å². The highest BCUT2D eigenvalue weighted by atomic mass is 32.2. The molecule has 0 aromatic heterocycles. The lowest BCUT2D eigenvalue weighted by molar-refractivity contribution is 0.219. The van der Waals surface area contributed by atoms with Crippen LogP contribution in [0.25, 0.3) is 0 Å². The van der Waals surface area contributed by atoms with E-state index in [0.717, 1.165) is 43.3 Å². The van der Waals surface area contributed by atoms with Crippen molar-refractivity contribution >= 4 is 15.8 Å². The summed E-state index contributed by atoms with van der Waals surface area (Å²) in [5.41, 5.74) is 3.01. The molecule has 0 aliphatic rings. The lowest BCUT2D eigenvalue weighted by Gasteiger charge is -2.30. The first-order valence-electron chi connectivity index (χ1n) is 10.9. The first kappa shape index (κ1) is 24.9. The van der Waals surface area contributed by atoms with Gasteiger partial charge in [0.25, 0.3) is 0 Å². The van der Waals surface area contributed by atoms with Crippen LogP contribution >= 0.6 is 0 Å². The van der Waals surface area contributed by atoms with E-state index in [2.05, 4.69) is 53.6 Å². The topological polar surface area (TPSA) is 73.8 Å². The van der Waals surface area contributed by atoms with Crippen LogP contribution in [0.4, 0.5) is 0 Å². The van der Waals surface area contributed by atoms with Gasteiger partial charge < -0.3 is 10.6 Å². The van der Waals surface area contributed by atoms with Gasteiger partial charge in [-0.15, -0.1) is 0 Å². The maximum Gasteiger partial charge on any atom is 0.191 e. The second-order valence-electron chi connectivity index (χ2n) is 7.60. The fourth-order valence-electron chi connectivity index (χ4n) is 3.73. The average Bonchev–Trinajstić information content (AvgIpc) is 2.74. The molecular formula is C24H36N4O2S. The Hall–Kier alpha value is -2.38. The van der Waals surface area contributed by atoms with Gasteiger partial charge in [-0.3, -0.25) is 4.90 Å². The summed E-state index contributed by atoms with van der Waals surface area (Å²) in [6.45, 7) is 12.1. The zero-order valence-electron chi connectivity index (χ0n) is 19.4. The Bertz CT molecular complexity index is 955. The molecule has 0 radical (unpaired) electrons. The Morgan fingerprint density at radius 1 is 1.03 bits per heavy atom. The maximum absolute atomic E-state index is 11.8. The molecule has 0 amide bonds. The largest absolute Gasteiger partial charge is 0.357 e. The van der Waals surface area contributed by atoms with Crippen molar-refractivity contribution in [1.82, 2.24) is 15.5 Å². The highest BCUT2D eigenvalue weighted by molar-refractivity contribution is 7.90. The van der Waals surface area contributed by atoms with Crippen molar-refractivity contribution in [2.45, 2.75) is 45.2 Å². The summed E-state index contributed by atoms with van der Waals surface area (Å²) in [4.78, 5) is 7.52. The Balaban J connectivity index is 2.15. The molecule has 2 aromatic rings. The number of aliphatic imine (C=N–C) groups is 1. The second-order valence-corrected chi connectivity index (χ2v) is 9.58. The number of aryl methyl sites for hydroxylation is 1. The molecule has 0 saturated carbocycles. The minimum atomic E-state index is -3.21. The van der Waals surface area contributed by atoms with E-state index >= 15 is 0 Å². The molecule has 0 fully saturated rings. The minimum Gasteiger partial charge on any atom is -0.357 e. The molecule has 0 bridgehead atoms. The summed E-state index contributed by atoms with van der Waals surface area (Å²) in [5, 5.41) is 6.80. The lowest BCUT2D eigenvalue weighted by Crippen LogP contribution is -2.43. The number of sulfone groups is 1. The molecule has 0 spiro atoms. The van der Waals surface area contributed by atoms with Gasteiger partial charge in [0.15, 0.2) is 15.8 Å². The quantitative estimate of drug-likeness (QED) is 0.433. The molecule has 2 N–H and O–H groups in total. The molecule has 2 rings (SSSR count). The fraction of sp³-hybridized carbons (Fsp3) is 0.458. The normalized spacial score (nSPS) is 13.3. The fourth-order valence-corrected chi connectivity index (χ4v) is 4.69. The van der Waals surface area contributed by atoms with Crippen LogP contribution < -0.4 is 10.6 Å². The van der Waals surface area contributed by atoms with Gasteiger partial charge in [-0.05, 0) is 49.7 Å². The Morgan fingerprint density at radius 3 is 2.26 bits per heavy atom. The van der Waals surface area contributed by atoms with Gasteiger partial charge in [0, 0.05) is 19.3 Å². The van der Waals surface area contributed by atoms with Crippen molar-refractivity contribution in [2.24, 2.45) is 4.99 Å². The summed E-state index contributed by atoms with van der Waals surface area (Å²) < 4.78 is 23.7. The molecule has 1 unspecified atom stereocenters. The number of guanidine groups is 1. The molecule has 31 heavy (non-hydrogen) atoms. The summed E-state index contributed by atoms with van der Waals surface area (Å²) >= 11 is 0. The minimum absolute atomic E-state index is 0.247. The van der Waals surface area contributed by atoms with E-state index in [-0.39, 0.29) is 6.04 Å². The monoisotopic (exact) mass is 444 g/mol. The van der Waals surface area contributed by atoms with Gasteiger partial charge in [-0.25, -0.2) is 13.4 Å². The predicted molar refractivity (Wildman–Crippen MR) is 129 cm³/mol. The van der Waals surface area contributed by atoms with Gasteiger partial charge in [0.05, 0.1) is 17.5 Å². The van der Waals surface area contributed by atoms with Gasteiger partial charge in [-0.1, -0.05) is 56.3 Å². The Kier molecular flexibility index (Phi) is 9.52.